The number of rotatable bonds is 17. The number of carbonyl (C=O) groups excluding carboxylic acids is 1. The van der Waals surface area contributed by atoms with Crippen LogP contribution in [0.1, 0.15) is 142 Å². The van der Waals surface area contributed by atoms with Crippen LogP contribution in [0.5, 0.6) is 11.5 Å². The molecule has 9 heteroatoms. The summed E-state index contributed by atoms with van der Waals surface area (Å²) in [7, 11) is -4.17. The van der Waals surface area contributed by atoms with Crippen molar-refractivity contribution < 1.29 is 32.8 Å². The Hall–Kier alpha value is -1.70. The summed E-state index contributed by atoms with van der Waals surface area (Å²) >= 11 is 0. The van der Waals surface area contributed by atoms with E-state index in [1.807, 2.05) is 6.07 Å². The van der Waals surface area contributed by atoms with E-state index in [1.165, 1.54) is 31.3 Å². The average molecular weight is 634 g/mol. The first-order chi connectivity index (χ1) is 20.9. The number of esters is 1. The molecule has 3 aliphatic rings. The molecule has 1 saturated carbocycles. The van der Waals surface area contributed by atoms with E-state index in [2.05, 4.69) is 46.8 Å². The van der Waals surface area contributed by atoms with Gasteiger partial charge in [0.15, 0.2) is 0 Å². The van der Waals surface area contributed by atoms with Crippen LogP contribution in [-0.2, 0) is 24.8 Å². The summed E-state index contributed by atoms with van der Waals surface area (Å²) in [5, 5.41) is 0. The molecule has 1 aromatic rings. The molecule has 248 valence electrons. The number of hydrogen-bond acceptors (Lipinski definition) is 7. The first kappa shape index (κ1) is 35.2. The van der Waals surface area contributed by atoms with Crippen molar-refractivity contribution in [3.8, 4) is 11.5 Å². The third kappa shape index (κ3) is 8.55. The molecule has 0 saturated heterocycles. The Labute approximate surface area is 265 Å². The maximum absolute atomic E-state index is 13.4. The Kier molecular flexibility index (Phi) is 12.2. The Morgan fingerprint density at radius 3 is 2.41 bits per heavy atom. The molecule has 4 rings (SSSR count). The number of benzene rings is 1. The molecule has 3 atom stereocenters. The molecule has 0 aromatic heterocycles. The molecular weight excluding hydrogens is 577 g/mol. The van der Waals surface area contributed by atoms with E-state index < -0.39 is 31.0 Å². The SMILES string of the molecule is CCCCCCCCCOP(=O)(O)OC1CC(C(=O)Oc2cc(CCCCC)cc3c2C2CC(C)=CC[C@@]2(N)C(C)(C)O3)C1. The number of ether oxygens (including phenoxy) is 2. The van der Waals surface area contributed by atoms with Crippen LogP contribution in [0.15, 0.2) is 23.8 Å². The lowest BCUT2D eigenvalue weighted by molar-refractivity contribution is -0.145. The number of nitrogens with two attached hydrogens (primary N) is 1. The molecule has 1 aromatic carbocycles. The molecule has 0 amide bonds. The topological polar surface area (TPSA) is 117 Å². The largest absolute Gasteiger partial charge is 0.485 e. The zero-order chi connectivity index (χ0) is 32.0. The monoisotopic (exact) mass is 633 g/mol. The van der Waals surface area contributed by atoms with Crippen molar-refractivity contribution >= 4 is 13.8 Å². The summed E-state index contributed by atoms with van der Waals surface area (Å²) in [6.45, 7) is 10.8. The highest BCUT2D eigenvalue weighted by Gasteiger charge is 2.55. The van der Waals surface area contributed by atoms with Gasteiger partial charge in [0.2, 0.25) is 0 Å². The summed E-state index contributed by atoms with van der Waals surface area (Å²) in [6.07, 6.45) is 15.6. The molecule has 1 aliphatic heterocycles. The molecular formula is C35H56NO7P. The van der Waals surface area contributed by atoms with Gasteiger partial charge in [-0.15, -0.1) is 0 Å². The molecule has 8 nitrogen and oxygen atoms in total. The van der Waals surface area contributed by atoms with E-state index in [0.717, 1.165) is 68.2 Å². The second kappa shape index (κ2) is 15.3. The fourth-order valence-corrected chi connectivity index (χ4v) is 7.82. The number of allylic oxidation sites excluding steroid dienone is 1. The Morgan fingerprint density at radius 2 is 1.70 bits per heavy atom. The fourth-order valence-electron chi connectivity index (χ4n) is 6.85. The molecule has 1 fully saturated rings. The first-order valence-electron chi connectivity index (χ1n) is 17.1. The van der Waals surface area contributed by atoms with E-state index in [4.69, 9.17) is 24.3 Å². The van der Waals surface area contributed by atoms with E-state index >= 15 is 0 Å². The standard InChI is InChI=1S/C35H56NO7P/c1-6-8-10-11-12-13-15-19-40-44(38,39)43-28-23-27(24-28)33(37)41-30-21-26(16-14-9-7-2)22-31-32(30)29-20-25(3)17-18-35(29,36)34(4,5)42-31/h17,21-22,27-29H,6-16,18-20,23-24,36H2,1-5H3,(H,38,39)/t27?,28?,29?,35-/m0/s1. The highest BCUT2D eigenvalue weighted by Crippen LogP contribution is 2.56. The Bertz CT molecular complexity index is 1210. The minimum atomic E-state index is -4.17. The number of fused-ring (bicyclic) bond motifs is 3. The normalized spacial score (nSPS) is 26.8. The lowest BCUT2D eigenvalue weighted by Crippen LogP contribution is -2.66. The van der Waals surface area contributed by atoms with Gasteiger partial charge in [-0.3, -0.25) is 13.8 Å². The van der Waals surface area contributed by atoms with Crippen LogP contribution in [0.25, 0.3) is 0 Å². The predicted molar refractivity (Wildman–Crippen MR) is 174 cm³/mol. The van der Waals surface area contributed by atoms with Crippen molar-refractivity contribution in [2.45, 2.75) is 154 Å². The van der Waals surface area contributed by atoms with Crippen LogP contribution >= 0.6 is 7.82 Å². The number of phosphoric ester groups is 1. The van der Waals surface area contributed by atoms with Crippen LogP contribution in [0.3, 0.4) is 0 Å². The summed E-state index contributed by atoms with van der Waals surface area (Å²) in [5.74, 6) is 0.454. The summed E-state index contributed by atoms with van der Waals surface area (Å²) in [5.41, 5.74) is 9.10. The van der Waals surface area contributed by atoms with Gasteiger partial charge in [0, 0.05) is 11.5 Å². The molecule has 1 heterocycles. The van der Waals surface area contributed by atoms with Crippen molar-refractivity contribution in [3.05, 3.63) is 34.9 Å². The van der Waals surface area contributed by atoms with Crippen molar-refractivity contribution in [1.29, 1.82) is 0 Å². The van der Waals surface area contributed by atoms with Gasteiger partial charge in [-0.05, 0) is 83.4 Å². The molecule has 0 radical (unpaired) electrons. The Balaban J connectivity index is 1.38. The van der Waals surface area contributed by atoms with Gasteiger partial charge in [0.05, 0.1) is 24.2 Å². The maximum atomic E-state index is 13.4. The summed E-state index contributed by atoms with van der Waals surface area (Å²) < 4.78 is 35.8. The quantitative estimate of drug-likeness (QED) is 0.0575. The van der Waals surface area contributed by atoms with E-state index in [0.29, 0.717) is 25.0 Å². The molecule has 0 spiro atoms. The van der Waals surface area contributed by atoms with Crippen molar-refractivity contribution in [2.75, 3.05) is 6.61 Å². The summed E-state index contributed by atoms with van der Waals surface area (Å²) in [4.78, 5) is 23.6. The van der Waals surface area contributed by atoms with Crippen LogP contribution in [0.4, 0.5) is 0 Å². The lowest BCUT2D eigenvalue weighted by Gasteiger charge is -2.54. The van der Waals surface area contributed by atoms with Crippen LogP contribution in [0, 0.1) is 5.92 Å². The maximum Gasteiger partial charge on any atom is 0.472 e. The molecule has 44 heavy (non-hydrogen) atoms. The molecule has 2 aliphatic carbocycles. The average Bonchev–Trinajstić information content (AvgIpc) is 2.93. The fraction of sp³-hybridized carbons (Fsp3) is 0.743. The number of carbonyl (C=O) groups is 1. The van der Waals surface area contributed by atoms with Gasteiger partial charge < -0.3 is 20.1 Å². The highest BCUT2D eigenvalue weighted by molar-refractivity contribution is 7.47. The van der Waals surface area contributed by atoms with Crippen LogP contribution in [-0.4, -0.2) is 34.7 Å². The number of aryl methyl sites for hydroxylation is 1. The van der Waals surface area contributed by atoms with Crippen LogP contribution in [0.2, 0.25) is 0 Å². The van der Waals surface area contributed by atoms with Gasteiger partial charge in [0.1, 0.15) is 17.1 Å². The van der Waals surface area contributed by atoms with Crippen molar-refractivity contribution in [2.24, 2.45) is 11.7 Å². The first-order valence-corrected chi connectivity index (χ1v) is 18.6. The lowest BCUT2D eigenvalue weighted by atomic mass is 9.61. The van der Waals surface area contributed by atoms with Crippen molar-refractivity contribution in [3.63, 3.8) is 0 Å². The van der Waals surface area contributed by atoms with Gasteiger partial charge in [-0.25, -0.2) is 4.57 Å². The third-order valence-corrected chi connectivity index (χ3v) is 11.0. The van der Waals surface area contributed by atoms with Gasteiger partial charge >= 0.3 is 13.8 Å². The van der Waals surface area contributed by atoms with Gasteiger partial charge in [-0.2, -0.15) is 0 Å². The summed E-state index contributed by atoms with van der Waals surface area (Å²) in [6, 6.07) is 4.10. The Morgan fingerprint density at radius 1 is 1.05 bits per heavy atom. The third-order valence-electron chi connectivity index (χ3n) is 9.93. The zero-order valence-electron chi connectivity index (χ0n) is 27.7. The second-order valence-corrected chi connectivity index (χ2v) is 15.3. The number of unbranched alkanes of at least 4 members (excludes halogenated alkanes) is 8. The second-order valence-electron chi connectivity index (χ2n) is 13.9. The van der Waals surface area contributed by atoms with E-state index in [-0.39, 0.29) is 18.5 Å². The van der Waals surface area contributed by atoms with Gasteiger partial charge in [0.25, 0.3) is 0 Å². The highest BCUT2D eigenvalue weighted by atomic mass is 31.2. The minimum absolute atomic E-state index is 0.0510. The van der Waals surface area contributed by atoms with E-state index in [1.54, 1.807) is 0 Å². The smallest absolute Gasteiger partial charge is 0.472 e. The van der Waals surface area contributed by atoms with Crippen molar-refractivity contribution in [1.82, 2.24) is 0 Å². The molecule has 0 bridgehead atoms. The molecule has 3 N–H and O–H groups in total. The van der Waals surface area contributed by atoms with E-state index in [9.17, 15) is 14.3 Å². The minimum Gasteiger partial charge on any atom is -0.485 e. The van der Waals surface area contributed by atoms with Gasteiger partial charge in [-0.1, -0.05) is 76.9 Å². The molecule has 2 unspecified atom stereocenters. The zero-order valence-corrected chi connectivity index (χ0v) is 28.6. The van der Waals surface area contributed by atoms with Crippen LogP contribution < -0.4 is 15.2 Å². The number of hydrogen-bond donors (Lipinski definition) is 2. The predicted octanol–water partition coefficient (Wildman–Crippen LogP) is 8.68. The number of phosphoric acid groups is 1.